The summed E-state index contributed by atoms with van der Waals surface area (Å²) in [5, 5.41) is 0. The standard InChI is InChI=1S/C23H32N2O4/c1-22(2,3)29-20(26)24(5)23(4)16-25(19-14-10-9-13-18(19)23)21(27)28-15-17-11-7-6-8-12-17/h6-8,11-12,14,18H,9-10,13,15-16H2,1-5H3. The Bertz CT molecular complexity index is 784. The lowest BCUT2D eigenvalue weighted by Gasteiger charge is -2.40. The fraction of sp³-hybridized carbons (Fsp3) is 0.565. The lowest BCUT2D eigenvalue weighted by atomic mass is 9.80. The first kappa shape index (κ1) is 21.2. The van der Waals surface area contributed by atoms with Gasteiger partial charge in [0.2, 0.25) is 0 Å². The Morgan fingerprint density at radius 2 is 1.93 bits per heavy atom. The van der Waals surface area contributed by atoms with Crippen LogP contribution >= 0.6 is 0 Å². The minimum absolute atomic E-state index is 0.0815. The van der Waals surface area contributed by atoms with E-state index in [1.165, 1.54) is 0 Å². The molecular weight excluding hydrogens is 368 g/mol. The Labute approximate surface area is 173 Å². The molecule has 6 nitrogen and oxygen atoms in total. The van der Waals surface area contributed by atoms with Gasteiger partial charge in [-0.25, -0.2) is 9.59 Å². The molecule has 0 spiro atoms. The van der Waals surface area contributed by atoms with Crippen LogP contribution in [0.15, 0.2) is 42.1 Å². The van der Waals surface area contributed by atoms with Crippen molar-refractivity contribution in [2.24, 2.45) is 5.92 Å². The third kappa shape index (κ3) is 4.57. The number of fused-ring (bicyclic) bond motifs is 1. The van der Waals surface area contributed by atoms with Crippen LogP contribution < -0.4 is 0 Å². The Morgan fingerprint density at radius 3 is 2.59 bits per heavy atom. The summed E-state index contributed by atoms with van der Waals surface area (Å²) in [6, 6.07) is 9.64. The van der Waals surface area contributed by atoms with Gasteiger partial charge in [0.05, 0.1) is 12.1 Å². The van der Waals surface area contributed by atoms with Gasteiger partial charge < -0.3 is 14.4 Å². The van der Waals surface area contributed by atoms with Gasteiger partial charge in [0.1, 0.15) is 12.2 Å². The summed E-state index contributed by atoms with van der Waals surface area (Å²) in [5.74, 6) is 0.0815. The van der Waals surface area contributed by atoms with E-state index in [0.717, 1.165) is 30.5 Å². The minimum atomic E-state index is -0.570. The van der Waals surface area contributed by atoms with Gasteiger partial charge in [-0.3, -0.25) is 4.90 Å². The summed E-state index contributed by atoms with van der Waals surface area (Å²) < 4.78 is 11.2. The number of amides is 2. The molecule has 0 N–H and O–H groups in total. The Kier molecular flexibility index (Phi) is 5.92. The van der Waals surface area contributed by atoms with Crippen LogP contribution in [0, 0.1) is 5.92 Å². The maximum Gasteiger partial charge on any atom is 0.414 e. The molecule has 29 heavy (non-hydrogen) atoms. The SMILES string of the molecule is CN(C(=O)OC(C)(C)C)C1(C)CN(C(=O)OCc2ccccc2)C2=CCCCC21. The van der Waals surface area contributed by atoms with Gasteiger partial charge >= 0.3 is 12.2 Å². The molecule has 1 aromatic carbocycles. The van der Waals surface area contributed by atoms with Crippen molar-refractivity contribution in [3.8, 4) is 0 Å². The third-order valence-corrected chi connectivity index (χ3v) is 5.81. The molecule has 158 valence electrons. The monoisotopic (exact) mass is 400 g/mol. The van der Waals surface area contributed by atoms with Crippen LogP contribution in [-0.4, -0.2) is 46.7 Å². The fourth-order valence-electron chi connectivity index (χ4n) is 4.16. The van der Waals surface area contributed by atoms with Crippen molar-refractivity contribution < 1.29 is 19.1 Å². The molecule has 1 fully saturated rings. The fourth-order valence-corrected chi connectivity index (χ4v) is 4.16. The largest absolute Gasteiger partial charge is 0.444 e. The highest BCUT2D eigenvalue weighted by Crippen LogP contribution is 2.45. The smallest absolute Gasteiger partial charge is 0.414 e. The van der Waals surface area contributed by atoms with Crippen molar-refractivity contribution in [1.29, 1.82) is 0 Å². The molecule has 1 aromatic rings. The van der Waals surface area contributed by atoms with E-state index in [2.05, 4.69) is 6.08 Å². The molecule has 2 amide bonds. The summed E-state index contributed by atoms with van der Waals surface area (Å²) in [6.45, 7) is 8.23. The second kappa shape index (κ2) is 8.09. The maximum absolute atomic E-state index is 12.9. The molecule has 1 heterocycles. The van der Waals surface area contributed by atoms with E-state index in [4.69, 9.17) is 9.47 Å². The summed E-state index contributed by atoms with van der Waals surface area (Å²) >= 11 is 0. The van der Waals surface area contributed by atoms with Crippen LogP contribution in [0.1, 0.15) is 52.5 Å². The zero-order chi connectivity index (χ0) is 21.2. The zero-order valence-corrected chi connectivity index (χ0v) is 18.1. The van der Waals surface area contributed by atoms with Crippen LogP contribution in [0.5, 0.6) is 0 Å². The van der Waals surface area contributed by atoms with E-state index < -0.39 is 11.1 Å². The number of allylic oxidation sites excluding steroid dienone is 1. The highest BCUT2D eigenvalue weighted by Gasteiger charge is 2.53. The molecule has 3 rings (SSSR count). The van der Waals surface area contributed by atoms with E-state index >= 15 is 0 Å². The third-order valence-electron chi connectivity index (χ3n) is 5.81. The zero-order valence-electron chi connectivity index (χ0n) is 18.1. The predicted octanol–water partition coefficient (Wildman–Crippen LogP) is 4.95. The lowest BCUT2D eigenvalue weighted by Crippen LogP contribution is -2.54. The molecule has 0 bridgehead atoms. The van der Waals surface area contributed by atoms with Gasteiger partial charge in [0.15, 0.2) is 0 Å². The number of carbonyl (C=O) groups excluding carboxylic acids is 2. The van der Waals surface area contributed by atoms with Gasteiger partial charge in [-0.1, -0.05) is 36.4 Å². The average molecular weight is 401 g/mol. The summed E-state index contributed by atoms with van der Waals surface area (Å²) in [4.78, 5) is 29.0. The molecule has 1 aliphatic heterocycles. The highest BCUT2D eigenvalue weighted by molar-refractivity contribution is 5.73. The Morgan fingerprint density at radius 1 is 1.24 bits per heavy atom. The molecule has 1 aliphatic carbocycles. The molecule has 1 saturated heterocycles. The van der Waals surface area contributed by atoms with Crippen molar-refractivity contribution in [3.63, 3.8) is 0 Å². The lowest BCUT2D eigenvalue weighted by molar-refractivity contribution is 0.00172. The Balaban J connectivity index is 1.77. The minimum Gasteiger partial charge on any atom is -0.444 e. The van der Waals surface area contributed by atoms with Gasteiger partial charge in [-0.05, 0) is 52.5 Å². The second-order valence-electron chi connectivity index (χ2n) is 9.14. The molecule has 2 aliphatic rings. The van der Waals surface area contributed by atoms with Crippen LogP contribution in [0.25, 0.3) is 0 Å². The first-order chi connectivity index (χ1) is 13.6. The molecule has 2 atom stereocenters. The van der Waals surface area contributed by atoms with Crippen molar-refractivity contribution in [2.75, 3.05) is 13.6 Å². The van der Waals surface area contributed by atoms with Crippen LogP contribution in [0.3, 0.4) is 0 Å². The number of benzene rings is 1. The van der Waals surface area contributed by atoms with Crippen LogP contribution in [0.4, 0.5) is 9.59 Å². The number of rotatable bonds is 3. The average Bonchev–Trinajstić information content (AvgIpc) is 2.99. The van der Waals surface area contributed by atoms with Gasteiger partial charge in [0.25, 0.3) is 0 Å². The molecular formula is C23H32N2O4. The van der Waals surface area contributed by atoms with E-state index in [9.17, 15) is 9.59 Å². The molecule has 0 aromatic heterocycles. The van der Waals surface area contributed by atoms with E-state index in [-0.39, 0.29) is 24.7 Å². The van der Waals surface area contributed by atoms with Gasteiger partial charge in [-0.2, -0.15) is 0 Å². The van der Waals surface area contributed by atoms with Crippen LogP contribution in [-0.2, 0) is 16.1 Å². The number of ether oxygens (including phenoxy) is 2. The number of hydrogen-bond acceptors (Lipinski definition) is 4. The first-order valence-electron chi connectivity index (χ1n) is 10.3. The highest BCUT2D eigenvalue weighted by atomic mass is 16.6. The van der Waals surface area contributed by atoms with E-state index in [1.807, 2.05) is 58.0 Å². The van der Waals surface area contributed by atoms with Gasteiger partial charge in [0, 0.05) is 18.7 Å². The van der Waals surface area contributed by atoms with E-state index in [0.29, 0.717) is 6.54 Å². The molecule has 6 heteroatoms. The first-order valence-corrected chi connectivity index (χ1v) is 10.3. The summed E-state index contributed by atoms with van der Waals surface area (Å²) in [5.41, 5.74) is 0.801. The summed E-state index contributed by atoms with van der Waals surface area (Å²) in [6.07, 6.45) is 4.28. The van der Waals surface area contributed by atoms with Crippen molar-refractivity contribution in [1.82, 2.24) is 9.80 Å². The number of likely N-dealkylation sites (tertiary alicyclic amines) is 1. The Hall–Kier alpha value is -2.50. The predicted molar refractivity (Wildman–Crippen MR) is 111 cm³/mol. The quantitative estimate of drug-likeness (QED) is 0.720. The number of likely N-dealkylation sites (N-methyl/N-ethyl adjacent to an activating group) is 1. The summed E-state index contributed by atoms with van der Waals surface area (Å²) in [7, 11) is 1.76. The number of hydrogen-bond donors (Lipinski definition) is 0. The normalized spacial score (nSPS) is 23.8. The van der Waals surface area contributed by atoms with Crippen molar-refractivity contribution in [3.05, 3.63) is 47.7 Å². The van der Waals surface area contributed by atoms with Gasteiger partial charge in [-0.15, -0.1) is 0 Å². The maximum atomic E-state index is 12.9. The topological polar surface area (TPSA) is 59.1 Å². The second-order valence-corrected chi connectivity index (χ2v) is 9.14. The van der Waals surface area contributed by atoms with Crippen LogP contribution in [0.2, 0.25) is 0 Å². The molecule has 0 radical (unpaired) electrons. The van der Waals surface area contributed by atoms with E-state index in [1.54, 1.807) is 16.8 Å². The van der Waals surface area contributed by atoms with Crippen molar-refractivity contribution >= 4 is 12.2 Å². The molecule has 0 saturated carbocycles. The number of carbonyl (C=O) groups is 2. The molecule has 2 unspecified atom stereocenters. The van der Waals surface area contributed by atoms with Crippen molar-refractivity contribution in [2.45, 2.75) is 64.7 Å². The number of nitrogens with zero attached hydrogens (tertiary/aromatic N) is 2.